The lowest BCUT2D eigenvalue weighted by Gasteiger charge is -2.22. The molecule has 2 heterocycles. The van der Waals surface area contributed by atoms with Crippen molar-refractivity contribution in [2.75, 3.05) is 0 Å². The van der Waals surface area contributed by atoms with Crippen molar-refractivity contribution in [1.29, 1.82) is 0 Å². The van der Waals surface area contributed by atoms with Gasteiger partial charge in [-0.1, -0.05) is 49.6 Å². The number of carbonyl (C=O) groups is 1. The summed E-state index contributed by atoms with van der Waals surface area (Å²) >= 11 is 0. The van der Waals surface area contributed by atoms with E-state index in [2.05, 4.69) is 20.5 Å². The highest BCUT2D eigenvalue weighted by molar-refractivity contribution is 5.74. The molecule has 8 heteroatoms. The van der Waals surface area contributed by atoms with Crippen LogP contribution in [0.2, 0.25) is 0 Å². The van der Waals surface area contributed by atoms with Gasteiger partial charge in [-0.05, 0) is 42.2 Å². The van der Waals surface area contributed by atoms with Gasteiger partial charge in [0.15, 0.2) is 0 Å². The molecule has 4 aromatic rings. The van der Waals surface area contributed by atoms with E-state index in [1.54, 1.807) is 24.5 Å². The Balaban J connectivity index is 1.40. The van der Waals surface area contributed by atoms with Gasteiger partial charge in [-0.15, -0.1) is 10.2 Å². The molecule has 178 valence electrons. The van der Waals surface area contributed by atoms with E-state index >= 15 is 0 Å². The molecule has 0 radical (unpaired) electrons. The van der Waals surface area contributed by atoms with Gasteiger partial charge in [0.2, 0.25) is 12.3 Å². The smallest absolute Gasteiger partial charge is 0.412 e. The molecule has 0 aliphatic heterocycles. The molecule has 0 saturated heterocycles. The van der Waals surface area contributed by atoms with Crippen molar-refractivity contribution in [3.05, 3.63) is 78.9 Å². The van der Waals surface area contributed by atoms with Crippen LogP contribution in [0.25, 0.3) is 22.6 Å². The van der Waals surface area contributed by atoms with Crippen LogP contribution in [-0.4, -0.2) is 27.3 Å². The predicted molar refractivity (Wildman–Crippen MR) is 130 cm³/mol. The average molecular weight is 471 g/mol. The maximum atomic E-state index is 12.6. The number of rotatable bonds is 7. The Labute approximate surface area is 203 Å². The number of hydrogen-bond acceptors (Lipinski definition) is 7. The molecule has 0 spiro atoms. The molecular weight excluding hydrogens is 444 g/mol. The Hall–Kier alpha value is -4.20. The molecule has 8 nitrogen and oxygen atoms in total. The number of aromatic nitrogens is 3. The fraction of sp³-hybridized carbons (Fsp3) is 0.259. The fourth-order valence-electron chi connectivity index (χ4n) is 4.19. The number of benzene rings is 2. The molecule has 2 aromatic heterocycles. The van der Waals surface area contributed by atoms with Crippen LogP contribution in [0.3, 0.4) is 0 Å². The van der Waals surface area contributed by atoms with E-state index < -0.39 is 6.09 Å². The number of hydrogen-bond donors (Lipinski definition) is 1. The Morgan fingerprint density at radius 3 is 2.54 bits per heavy atom. The maximum absolute atomic E-state index is 12.6. The van der Waals surface area contributed by atoms with Crippen molar-refractivity contribution in [2.24, 2.45) is 0 Å². The molecule has 1 aliphatic carbocycles. The monoisotopic (exact) mass is 470 g/mol. The number of pyridine rings is 1. The molecule has 1 amide bonds. The first-order valence-electron chi connectivity index (χ1n) is 11.7. The van der Waals surface area contributed by atoms with E-state index in [4.69, 9.17) is 13.9 Å². The summed E-state index contributed by atoms with van der Waals surface area (Å²) < 4.78 is 17.0. The third-order valence-corrected chi connectivity index (χ3v) is 5.94. The Bertz CT molecular complexity index is 1260. The van der Waals surface area contributed by atoms with Crippen molar-refractivity contribution in [3.8, 4) is 34.1 Å². The molecule has 1 fully saturated rings. The minimum Gasteiger partial charge on any atom is -0.489 e. The summed E-state index contributed by atoms with van der Waals surface area (Å²) in [6.45, 7) is 0.387. The van der Waals surface area contributed by atoms with E-state index in [0.717, 1.165) is 42.4 Å². The normalized spacial score (nSPS) is 13.8. The van der Waals surface area contributed by atoms with Gasteiger partial charge in [-0.25, -0.2) is 4.79 Å². The first kappa shape index (κ1) is 22.6. The second kappa shape index (κ2) is 10.8. The first-order valence-corrected chi connectivity index (χ1v) is 11.7. The summed E-state index contributed by atoms with van der Waals surface area (Å²) in [5, 5.41) is 10.7. The van der Waals surface area contributed by atoms with Crippen LogP contribution in [0.15, 0.2) is 77.8 Å². The lowest BCUT2D eigenvalue weighted by Crippen LogP contribution is -2.38. The van der Waals surface area contributed by atoms with Crippen molar-refractivity contribution in [1.82, 2.24) is 20.5 Å². The van der Waals surface area contributed by atoms with Crippen LogP contribution < -0.4 is 14.8 Å². The van der Waals surface area contributed by atoms with Crippen molar-refractivity contribution in [3.63, 3.8) is 0 Å². The number of ether oxygens (including phenoxy) is 2. The predicted octanol–water partition coefficient (Wildman–Crippen LogP) is 5.80. The molecule has 2 aromatic carbocycles. The van der Waals surface area contributed by atoms with Crippen LogP contribution in [0.4, 0.5) is 4.79 Å². The summed E-state index contributed by atoms with van der Waals surface area (Å²) in [6, 6.07) is 17.3. The average Bonchev–Trinajstić information content (AvgIpc) is 3.44. The summed E-state index contributed by atoms with van der Waals surface area (Å²) in [6.07, 6.45) is 9.63. The molecule has 1 N–H and O–H groups in total. The molecule has 1 saturated carbocycles. The van der Waals surface area contributed by atoms with Crippen molar-refractivity contribution in [2.45, 2.75) is 44.8 Å². The van der Waals surface area contributed by atoms with Crippen LogP contribution >= 0.6 is 0 Å². The van der Waals surface area contributed by atoms with Crippen LogP contribution in [0, 0.1) is 0 Å². The first-order chi connectivity index (χ1) is 17.2. The summed E-state index contributed by atoms with van der Waals surface area (Å²) in [5.41, 5.74) is 3.30. The molecule has 0 atom stereocenters. The number of carbonyl (C=O) groups excluding carboxylic acids is 1. The van der Waals surface area contributed by atoms with Crippen molar-refractivity contribution >= 4 is 6.09 Å². The Morgan fingerprint density at radius 1 is 0.943 bits per heavy atom. The second-order valence-electron chi connectivity index (χ2n) is 8.54. The van der Waals surface area contributed by atoms with Gasteiger partial charge in [0.05, 0.1) is 5.56 Å². The van der Waals surface area contributed by atoms with Gasteiger partial charge in [-0.2, -0.15) is 0 Å². The van der Waals surface area contributed by atoms with Crippen LogP contribution in [0.5, 0.6) is 11.5 Å². The zero-order chi connectivity index (χ0) is 23.9. The molecule has 0 unspecified atom stereocenters. The zero-order valence-electron chi connectivity index (χ0n) is 19.2. The minimum atomic E-state index is -0.458. The number of nitrogens with zero attached hydrogens (tertiary/aromatic N) is 3. The maximum Gasteiger partial charge on any atom is 0.412 e. The van der Waals surface area contributed by atoms with Gasteiger partial charge in [0.25, 0.3) is 0 Å². The topological polar surface area (TPSA) is 99.4 Å². The Kier molecular flexibility index (Phi) is 6.98. The van der Waals surface area contributed by atoms with E-state index in [9.17, 15) is 4.79 Å². The fourth-order valence-corrected chi connectivity index (χ4v) is 4.19. The zero-order valence-corrected chi connectivity index (χ0v) is 19.2. The Morgan fingerprint density at radius 2 is 1.74 bits per heavy atom. The van der Waals surface area contributed by atoms with Gasteiger partial charge < -0.3 is 19.2 Å². The third-order valence-electron chi connectivity index (χ3n) is 5.94. The molecule has 1 aliphatic rings. The lowest BCUT2D eigenvalue weighted by atomic mass is 9.96. The minimum absolute atomic E-state index is 0.156. The van der Waals surface area contributed by atoms with E-state index in [1.165, 1.54) is 12.8 Å². The second-order valence-corrected chi connectivity index (χ2v) is 8.54. The summed E-state index contributed by atoms with van der Waals surface area (Å²) in [7, 11) is 0. The largest absolute Gasteiger partial charge is 0.489 e. The quantitative estimate of drug-likeness (QED) is 0.364. The van der Waals surface area contributed by atoms with E-state index in [0.29, 0.717) is 29.6 Å². The van der Waals surface area contributed by atoms with Crippen molar-refractivity contribution < 1.29 is 18.7 Å². The summed E-state index contributed by atoms with van der Waals surface area (Å²) in [5.74, 6) is 1.34. The highest BCUT2D eigenvalue weighted by atomic mass is 16.6. The van der Waals surface area contributed by atoms with E-state index in [1.807, 2.05) is 42.5 Å². The van der Waals surface area contributed by atoms with E-state index in [-0.39, 0.29) is 6.04 Å². The SMILES string of the molecule is O=C(NC1CCCCC1)Oc1cc(OCc2ccccc2)cc(-c2cncc(-c3nnco3)c2)c1. The highest BCUT2D eigenvalue weighted by Crippen LogP contribution is 2.32. The van der Waals surface area contributed by atoms with Gasteiger partial charge >= 0.3 is 6.09 Å². The third kappa shape index (κ3) is 6.03. The molecular formula is C27H26N4O4. The highest BCUT2D eigenvalue weighted by Gasteiger charge is 2.18. The molecule has 5 rings (SSSR count). The van der Waals surface area contributed by atoms with Gasteiger partial charge in [-0.3, -0.25) is 4.98 Å². The summed E-state index contributed by atoms with van der Waals surface area (Å²) in [4.78, 5) is 16.9. The molecule has 0 bridgehead atoms. The van der Waals surface area contributed by atoms with Crippen LogP contribution in [0.1, 0.15) is 37.7 Å². The van der Waals surface area contributed by atoms with Gasteiger partial charge in [0.1, 0.15) is 18.1 Å². The lowest BCUT2D eigenvalue weighted by molar-refractivity contribution is 0.192. The van der Waals surface area contributed by atoms with Gasteiger partial charge in [0, 0.05) is 30.1 Å². The van der Waals surface area contributed by atoms with Crippen LogP contribution in [-0.2, 0) is 6.61 Å². The molecule has 35 heavy (non-hydrogen) atoms. The number of nitrogens with one attached hydrogen (secondary N) is 1. The number of amides is 1. The standard InChI is InChI=1S/C27H26N4O4/c32-27(30-23-9-5-2-6-10-23)35-25-13-20(12-24(14-25)33-17-19-7-3-1-4-8-19)21-11-22(16-28-15-21)26-31-29-18-34-26/h1,3-4,7-8,11-16,18,23H,2,5-6,9-10,17H2,(H,30,32).